The lowest BCUT2D eigenvalue weighted by Gasteiger charge is -2.21. The number of nitrogens with zero attached hydrogens (tertiary/aromatic N) is 3. The van der Waals surface area contributed by atoms with Crippen LogP contribution in [0.2, 0.25) is 0 Å². The summed E-state index contributed by atoms with van der Waals surface area (Å²) < 4.78 is 0. The summed E-state index contributed by atoms with van der Waals surface area (Å²) in [6, 6.07) is 20.4. The van der Waals surface area contributed by atoms with Crippen molar-refractivity contribution in [1.29, 1.82) is 0 Å². The quantitative estimate of drug-likeness (QED) is 0.710. The van der Waals surface area contributed by atoms with Gasteiger partial charge in [0.25, 0.3) is 0 Å². The number of pyridine rings is 2. The van der Waals surface area contributed by atoms with Crippen LogP contribution in [-0.2, 0) is 0 Å². The molecule has 3 nitrogen and oxygen atoms in total. The zero-order chi connectivity index (χ0) is 14.5. The molecule has 3 aromatic rings. The van der Waals surface area contributed by atoms with Crippen molar-refractivity contribution in [3.05, 3.63) is 73.1 Å². The Bertz CT molecular complexity index is 696. The summed E-state index contributed by atoms with van der Waals surface area (Å²) in [7, 11) is 0. The standard InChI is InChI=1S/C18H17N3/c1-2-21(17-10-6-7-12-19-17)18-14-16(11-13-20-18)15-8-4-3-5-9-15/h3-14H,2H2,1H3. The summed E-state index contributed by atoms with van der Waals surface area (Å²) in [6.07, 6.45) is 3.66. The molecule has 0 aliphatic heterocycles. The van der Waals surface area contributed by atoms with Gasteiger partial charge in [0, 0.05) is 18.9 Å². The highest BCUT2D eigenvalue weighted by Crippen LogP contribution is 2.26. The van der Waals surface area contributed by atoms with Crippen LogP contribution in [0.25, 0.3) is 11.1 Å². The minimum Gasteiger partial charge on any atom is -0.311 e. The Kier molecular flexibility index (Phi) is 3.92. The lowest BCUT2D eigenvalue weighted by atomic mass is 10.1. The lowest BCUT2D eigenvalue weighted by Crippen LogP contribution is -2.18. The lowest BCUT2D eigenvalue weighted by molar-refractivity contribution is 0.962. The molecule has 0 fully saturated rings. The fourth-order valence-electron chi connectivity index (χ4n) is 2.33. The van der Waals surface area contributed by atoms with E-state index in [1.165, 1.54) is 5.56 Å². The summed E-state index contributed by atoms with van der Waals surface area (Å²) in [6.45, 7) is 2.92. The first-order chi connectivity index (χ1) is 10.4. The third kappa shape index (κ3) is 2.92. The molecule has 0 spiro atoms. The van der Waals surface area contributed by atoms with Gasteiger partial charge < -0.3 is 4.90 Å². The van der Waals surface area contributed by atoms with E-state index in [4.69, 9.17) is 0 Å². The Labute approximate surface area is 124 Å². The highest BCUT2D eigenvalue weighted by Gasteiger charge is 2.10. The first-order valence-corrected chi connectivity index (χ1v) is 7.08. The molecule has 0 N–H and O–H groups in total. The van der Waals surface area contributed by atoms with Gasteiger partial charge in [-0.1, -0.05) is 36.4 Å². The second-order valence-electron chi connectivity index (χ2n) is 4.70. The number of hydrogen-bond donors (Lipinski definition) is 0. The van der Waals surface area contributed by atoms with E-state index >= 15 is 0 Å². The Morgan fingerprint density at radius 3 is 2.24 bits per heavy atom. The third-order valence-corrected chi connectivity index (χ3v) is 3.37. The van der Waals surface area contributed by atoms with Crippen LogP contribution in [0.15, 0.2) is 73.1 Å². The molecule has 0 saturated carbocycles. The van der Waals surface area contributed by atoms with Gasteiger partial charge >= 0.3 is 0 Å². The summed E-state index contributed by atoms with van der Waals surface area (Å²) in [4.78, 5) is 11.0. The Morgan fingerprint density at radius 2 is 1.52 bits per heavy atom. The van der Waals surface area contributed by atoms with Gasteiger partial charge in [0.15, 0.2) is 0 Å². The normalized spacial score (nSPS) is 10.3. The van der Waals surface area contributed by atoms with Gasteiger partial charge in [-0.05, 0) is 42.3 Å². The molecule has 0 aliphatic rings. The number of benzene rings is 1. The second-order valence-corrected chi connectivity index (χ2v) is 4.70. The molecule has 0 aliphatic carbocycles. The zero-order valence-electron chi connectivity index (χ0n) is 12.0. The van der Waals surface area contributed by atoms with E-state index in [-0.39, 0.29) is 0 Å². The van der Waals surface area contributed by atoms with Crippen molar-refractivity contribution >= 4 is 11.6 Å². The van der Waals surface area contributed by atoms with Crippen molar-refractivity contribution in [1.82, 2.24) is 9.97 Å². The van der Waals surface area contributed by atoms with Gasteiger partial charge in [-0.15, -0.1) is 0 Å². The number of aromatic nitrogens is 2. The van der Waals surface area contributed by atoms with Crippen molar-refractivity contribution in [3.63, 3.8) is 0 Å². The van der Waals surface area contributed by atoms with Gasteiger partial charge in [0.05, 0.1) is 0 Å². The fourth-order valence-corrected chi connectivity index (χ4v) is 2.33. The van der Waals surface area contributed by atoms with E-state index in [1.54, 1.807) is 6.20 Å². The highest BCUT2D eigenvalue weighted by atomic mass is 15.2. The molecule has 21 heavy (non-hydrogen) atoms. The molecule has 0 atom stereocenters. The number of rotatable bonds is 4. The molecule has 0 saturated heterocycles. The monoisotopic (exact) mass is 275 g/mol. The molecule has 0 bridgehead atoms. The molecule has 0 radical (unpaired) electrons. The van der Waals surface area contributed by atoms with Crippen LogP contribution < -0.4 is 4.90 Å². The highest BCUT2D eigenvalue weighted by molar-refractivity contribution is 5.68. The van der Waals surface area contributed by atoms with Crippen LogP contribution in [0, 0.1) is 0 Å². The van der Waals surface area contributed by atoms with E-state index < -0.39 is 0 Å². The Hall–Kier alpha value is -2.68. The molecule has 2 heterocycles. The van der Waals surface area contributed by atoms with Crippen LogP contribution in [0.1, 0.15) is 6.92 Å². The van der Waals surface area contributed by atoms with Crippen molar-refractivity contribution in [2.45, 2.75) is 6.92 Å². The molecular weight excluding hydrogens is 258 g/mol. The molecule has 3 heteroatoms. The minimum atomic E-state index is 0.822. The predicted octanol–water partition coefficient (Wildman–Crippen LogP) is 4.30. The largest absolute Gasteiger partial charge is 0.311 e. The molecule has 0 unspecified atom stereocenters. The van der Waals surface area contributed by atoms with E-state index in [9.17, 15) is 0 Å². The maximum Gasteiger partial charge on any atom is 0.134 e. The van der Waals surface area contributed by atoms with E-state index in [0.717, 1.165) is 23.7 Å². The number of hydrogen-bond acceptors (Lipinski definition) is 3. The van der Waals surface area contributed by atoms with Gasteiger partial charge in [-0.3, -0.25) is 0 Å². The molecule has 0 amide bonds. The van der Waals surface area contributed by atoms with Crippen LogP contribution in [0.3, 0.4) is 0 Å². The molecule has 3 rings (SSSR count). The molecule has 104 valence electrons. The molecule has 2 aromatic heterocycles. The van der Waals surface area contributed by atoms with Crippen molar-refractivity contribution < 1.29 is 0 Å². The van der Waals surface area contributed by atoms with Crippen LogP contribution in [0.4, 0.5) is 11.6 Å². The van der Waals surface area contributed by atoms with Crippen molar-refractivity contribution in [2.24, 2.45) is 0 Å². The van der Waals surface area contributed by atoms with Crippen LogP contribution in [0.5, 0.6) is 0 Å². The molecule has 1 aromatic carbocycles. The van der Waals surface area contributed by atoms with Crippen LogP contribution >= 0.6 is 0 Å². The van der Waals surface area contributed by atoms with Crippen LogP contribution in [-0.4, -0.2) is 16.5 Å². The van der Waals surface area contributed by atoms with Gasteiger partial charge in [0.2, 0.25) is 0 Å². The summed E-state index contributed by atoms with van der Waals surface area (Å²) in [5.41, 5.74) is 2.35. The van der Waals surface area contributed by atoms with E-state index in [2.05, 4.69) is 40.0 Å². The summed E-state index contributed by atoms with van der Waals surface area (Å²) in [5.74, 6) is 1.83. The fraction of sp³-hybridized carbons (Fsp3) is 0.111. The maximum atomic E-state index is 4.50. The van der Waals surface area contributed by atoms with Gasteiger partial charge in [-0.25, -0.2) is 9.97 Å². The topological polar surface area (TPSA) is 29.0 Å². The minimum absolute atomic E-state index is 0.822. The Balaban J connectivity index is 1.99. The predicted molar refractivity (Wildman–Crippen MR) is 86.6 cm³/mol. The van der Waals surface area contributed by atoms with Crippen molar-refractivity contribution in [2.75, 3.05) is 11.4 Å². The smallest absolute Gasteiger partial charge is 0.134 e. The van der Waals surface area contributed by atoms with Gasteiger partial charge in [0.1, 0.15) is 11.6 Å². The summed E-state index contributed by atoms with van der Waals surface area (Å²) in [5, 5.41) is 0. The SMILES string of the molecule is CCN(c1ccccn1)c1cc(-c2ccccc2)ccn1. The zero-order valence-corrected chi connectivity index (χ0v) is 12.0. The maximum absolute atomic E-state index is 4.50. The van der Waals surface area contributed by atoms with Crippen molar-refractivity contribution in [3.8, 4) is 11.1 Å². The average Bonchev–Trinajstić information content (AvgIpc) is 2.58. The third-order valence-electron chi connectivity index (χ3n) is 3.37. The van der Waals surface area contributed by atoms with E-state index in [0.29, 0.717) is 0 Å². The second kappa shape index (κ2) is 6.18. The molecular formula is C18H17N3. The number of anilines is 2. The Morgan fingerprint density at radius 1 is 0.762 bits per heavy atom. The first-order valence-electron chi connectivity index (χ1n) is 7.08. The first kappa shape index (κ1) is 13.3. The van der Waals surface area contributed by atoms with E-state index in [1.807, 2.05) is 48.7 Å². The summed E-state index contributed by atoms with van der Waals surface area (Å²) >= 11 is 0. The average molecular weight is 275 g/mol. The van der Waals surface area contributed by atoms with Gasteiger partial charge in [-0.2, -0.15) is 0 Å².